The number of nitrogens with one attached hydrogen (secondary N) is 1. The van der Waals surface area contributed by atoms with Crippen LogP contribution in [0.4, 0.5) is 0 Å². The Hall–Kier alpha value is -1.39. The summed E-state index contributed by atoms with van der Waals surface area (Å²) in [4.78, 5) is 8.58. The predicted octanol–water partition coefficient (Wildman–Crippen LogP) is 3.84. The zero-order chi connectivity index (χ0) is 15.2. The topological polar surface area (TPSA) is 37.8 Å². The Morgan fingerprint density at radius 3 is 2.29 bits per heavy atom. The van der Waals surface area contributed by atoms with E-state index in [1.54, 1.807) is 24.2 Å². The van der Waals surface area contributed by atoms with E-state index >= 15 is 0 Å². The standard InChI is InChI=1S/C17H23N3S/c1-5-18-15(11-21-17-19-7-6-8-20-17)16-13(3)9-12(2)10-14(16)4/h6-10,15,18H,5,11H2,1-4H3. The van der Waals surface area contributed by atoms with Crippen LogP contribution in [0.5, 0.6) is 0 Å². The molecule has 0 aliphatic heterocycles. The fourth-order valence-electron chi connectivity index (χ4n) is 2.75. The second-order valence-corrected chi connectivity index (χ2v) is 6.25. The van der Waals surface area contributed by atoms with Crippen LogP contribution in [0.1, 0.15) is 35.2 Å². The van der Waals surface area contributed by atoms with Gasteiger partial charge in [-0.1, -0.05) is 36.4 Å². The third-order valence-electron chi connectivity index (χ3n) is 3.46. The van der Waals surface area contributed by atoms with Crippen LogP contribution in [0.25, 0.3) is 0 Å². The maximum atomic E-state index is 4.29. The first-order valence-electron chi connectivity index (χ1n) is 7.32. The first-order valence-corrected chi connectivity index (χ1v) is 8.31. The van der Waals surface area contributed by atoms with E-state index in [1.165, 1.54) is 22.3 Å². The summed E-state index contributed by atoms with van der Waals surface area (Å²) in [5.41, 5.74) is 5.44. The van der Waals surface area contributed by atoms with Gasteiger partial charge < -0.3 is 5.32 Å². The monoisotopic (exact) mass is 301 g/mol. The molecule has 0 aliphatic rings. The third kappa shape index (κ3) is 4.29. The molecule has 1 heterocycles. The summed E-state index contributed by atoms with van der Waals surface area (Å²) in [5.74, 6) is 0.933. The average Bonchev–Trinajstić information content (AvgIpc) is 2.45. The van der Waals surface area contributed by atoms with Gasteiger partial charge in [0.15, 0.2) is 5.16 Å². The molecule has 3 nitrogen and oxygen atoms in total. The fourth-order valence-corrected chi connectivity index (χ4v) is 3.62. The van der Waals surface area contributed by atoms with Crippen LogP contribution in [-0.4, -0.2) is 22.3 Å². The number of hydrogen-bond acceptors (Lipinski definition) is 4. The van der Waals surface area contributed by atoms with Gasteiger partial charge >= 0.3 is 0 Å². The molecule has 0 spiro atoms. The summed E-state index contributed by atoms with van der Waals surface area (Å²) >= 11 is 1.70. The van der Waals surface area contributed by atoms with E-state index in [-0.39, 0.29) is 0 Å². The number of aromatic nitrogens is 2. The van der Waals surface area contributed by atoms with Crippen molar-refractivity contribution in [1.29, 1.82) is 0 Å². The SMILES string of the molecule is CCNC(CSc1ncccn1)c1c(C)cc(C)cc1C. The van der Waals surface area contributed by atoms with Crippen LogP contribution < -0.4 is 5.32 Å². The van der Waals surface area contributed by atoms with Crippen LogP contribution in [0.3, 0.4) is 0 Å². The number of hydrogen-bond donors (Lipinski definition) is 1. The van der Waals surface area contributed by atoms with Gasteiger partial charge in [0.25, 0.3) is 0 Å². The molecule has 0 amide bonds. The number of nitrogens with zero attached hydrogens (tertiary/aromatic N) is 2. The molecule has 21 heavy (non-hydrogen) atoms. The molecule has 1 atom stereocenters. The minimum absolute atomic E-state index is 0.324. The van der Waals surface area contributed by atoms with Gasteiger partial charge in [0.2, 0.25) is 0 Å². The van der Waals surface area contributed by atoms with E-state index in [0.717, 1.165) is 17.5 Å². The molecule has 2 aromatic rings. The molecule has 1 N–H and O–H groups in total. The molecule has 0 bridgehead atoms. The molecule has 112 valence electrons. The van der Waals surface area contributed by atoms with Crippen molar-refractivity contribution in [3.63, 3.8) is 0 Å². The molecule has 1 unspecified atom stereocenters. The zero-order valence-electron chi connectivity index (χ0n) is 13.2. The van der Waals surface area contributed by atoms with Gasteiger partial charge in [-0.2, -0.15) is 0 Å². The molecular formula is C17H23N3S. The van der Waals surface area contributed by atoms with Crippen molar-refractivity contribution in [2.45, 2.75) is 38.9 Å². The molecular weight excluding hydrogens is 278 g/mol. The van der Waals surface area contributed by atoms with Gasteiger partial charge in [0.1, 0.15) is 0 Å². The maximum Gasteiger partial charge on any atom is 0.187 e. The highest BCUT2D eigenvalue weighted by atomic mass is 32.2. The highest BCUT2D eigenvalue weighted by Crippen LogP contribution is 2.28. The normalized spacial score (nSPS) is 12.4. The third-order valence-corrected chi connectivity index (χ3v) is 4.43. The summed E-state index contributed by atoms with van der Waals surface area (Å²) in [6, 6.07) is 6.69. The molecule has 0 saturated carbocycles. The molecule has 0 aliphatic carbocycles. The minimum atomic E-state index is 0.324. The summed E-state index contributed by atoms with van der Waals surface area (Å²) < 4.78 is 0. The molecule has 1 aromatic heterocycles. The van der Waals surface area contributed by atoms with Crippen molar-refractivity contribution < 1.29 is 0 Å². The first-order chi connectivity index (χ1) is 10.1. The summed E-state index contributed by atoms with van der Waals surface area (Å²) in [5, 5.41) is 4.43. The van der Waals surface area contributed by atoms with Crippen molar-refractivity contribution in [2.24, 2.45) is 0 Å². The zero-order valence-corrected chi connectivity index (χ0v) is 14.0. The van der Waals surface area contributed by atoms with E-state index in [1.807, 2.05) is 6.07 Å². The van der Waals surface area contributed by atoms with Gasteiger partial charge in [-0.25, -0.2) is 9.97 Å². The first kappa shape index (κ1) is 16.0. The van der Waals surface area contributed by atoms with E-state index in [4.69, 9.17) is 0 Å². The van der Waals surface area contributed by atoms with Crippen molar-refractivity contribution in [3.05, 3.63) is 52.8 Å². The molecule has 0 fully saturated rings. The lowest BCUT2D eigenvalue weighted by molar-refractivity contribution is 0.599. The Kier molecular flexibility index (Phi) is 5.76. The smallest absolute Gasteiger partial charge is 0.187 e. The second kappa shape index (κ2) is 7.57. The Bertz CT molecular complexity index is 561. The lowest BCUT2D eigenvalue weighted by Gasteiger charge is -2.22. The number of aryl methyl sites for hydroxylation is 3. The average molecular weight is 301 g/mol. The van der Waals surface area contributed by atoms with E-state index in [9.17, 15) is 0 Å². The Labute approximate surface area is 131 Å². The summed E-state index contributed by atoms with van der Waals surface area (Å²) in [6.45, 7) is 9.65. The number of benzene rings is 1. The largest absolute Gasteiger partial charge is 0.309 e. The van der Waals surface area contributed by atoms with Crippen molar-refractivity contribution in [3.8, 4) is 0 Å². The van der Waals surface area contributed by atoms with E-state index in [2.05, 4.69) is 55.1 Å². The van der Waals surface area contributed by atoms with Crippen LogP contribution in [0.15, 0.2) is 35.7 Å². The van der Waals surface area contributed by atoms with Crippen LogP contribution in [0, 0.1) is 20.8 Å². The Morgan fingerprint density at radius 1 is 1.10 bits per heavy atom. The second-order valence-electron chi connectivity index (χ2n) is 5.27. The van der Waals surface area contributed by atoms with E-state index < -0.39 is 0 Å². The molecule has 0 radical (unpaired) electrons. The Balaban J connectivity index is 2.19. The molecule has 1 aromatic carbocycles. The van der Waals surface area contributed by atoms with Gasteiger partial charge in [0, 0.05) is 24.2 Å². The fraction of sp³-hybridized carbons (Fsp3) is 0.412. The lowest BCUT2D eigenvalue weighted by atomic mass is 9.95. The number of thioether (sulfide) groups is 1. The van der Waals surface area contributed by atoms with Crippen molar-refractivity contribution in [1.82, 2.24) is 15.3 Å². The quantitative estimate of drug-likeness (QED) is 0.650. The van der Waals surface area contributed by atoms with Crippen molar-refractivity contribution in [2.75, 3.05) is 12.3 Å². The van der Waals surface area contributed by atoms with Crippen LogP contribution >= 0.6 is 11.8 Å². The van der Waals surface area contributed by atoms with E-state index in [0.29, 0.717) is 6.04 Å². The predicted molar refractivity (Wildman–Crippen MR) is 89.8 cm³/mol. The molecule has 4 heteroatoms. The molecule has 2 rings (SSSR count). The van der Waals surface area contributed by atoms with Crippen LogP contribution in [-0.2, 0) is 0 Å². The summed E-state index contributed by atoms with van der Waals surface area (Å²) in [7, 11) is 0. The Morgan fingerprint density at radius 2 is 1.71 bits per heavy atom. The van der Waals surface area contributed by atoms with Crippen LogP contribution in [0.2, 0.25) is 0 Å². The summed E-state index contributed by atoms with van der Waals surface area (Å²) in [6.07, 6.45) is 3.58. The van der Waals surface area contributed by atoms with Gasteiger partial charge in [-0.3, -0.25) is 0 Å². The maximum absolute atomic E-state index is 4.29. The molecule has 0 saturated heterocycles. The van der Waals surface area contributed by atoms with Crippen molar-refractivity contribution >= 4 is 11.8 Å². The van der Waals surface area contributed by atoms with Gasteiger partial charge in [-0.05, 0) is 50.1 Å². The highest BCUT2D eigenvalue weighted by molar-refractivity contribution is 7.99. The lowest BCUT2D eigenvalue weighted by Crippen LogP contribution is -2.24. The number of rotatable bonds is 6. The minimum Gasteiger partial charge on any atom is -0.309 e. The highest BCUT2D eigenvalue weighted by Gasteiger charge is 2.16. The van der Waals surface area contributed by atoms with Gasteiger partial charge in [0.05, 0.1) is 0 Å². The van der Waals surface area contributed by atoms with Gasteiger partial charge in [-0.15, -0.1) is 0 Å².